The molecule has 324 valence electrons. The average Bonchev–Trinajstić information content (AvgIpc) is 3.63. The van der Waals surface area contributed by atoms with Crippen molar-refractivity contribution < 1.29 is 68.1 Å². The Morgan fingerprint density at radius 2 is 1.58 bits per heavy atom. The predicted molar refractivity (Wildman–Crippen MR) is 205 cm³/mol. The van der Waals surface area contributed by atoms with Gasteiger partial charge in [-0.25, -0.2) is 9.07 Å². The van der Waals surface area contributed by atoms with E-state index in [0.29, 0.717) is 33.8 Å². The molecule has 2 fully saturated rings. The monoisotopic (exact) mass is 841 g/mol. The molecule has 2 saturated heterocycles. The number of nitrogens with zero attached hydrogens (tertiary/aromatic N) is 4. The second kappa shape index (κ2) is 19.3. The van der Waals surface area contributed by atoms with Crippen LogP contribution in [0.2, 0.25) is 0 Å². The topological polar surface area (TPSA) is 284 Å². The smallest absolute Gasteiger partial charge is 0.306 e. The van der Waals surface area contributed by atoms with Crippen LogP contribution in [0.25, 0.3) is 22.5 Å². The van der Waals surface area contributed by atoms with Crippen LogP contribution in [-0.4, -0.2) is 151 Å². The molecule has 0 aliphatic carbocycles. The fourth-order valence-electron chi connectivity index (χ4n) is 7.46. The van der Waals surface area contributed by atoms with Gasteiger partial charge in [0.05, 0.1) is 43.1 Å². The minimum absolute atomic E-state index is 0.0781. The molecule has 1 aromatic heterocycles. The molecule has 3 aliphatic rings. The largest absolute Gasteiger partial charge is 0.463 e. The maximum absolute atomic E-state index is 14.7. The number of aliphatic hydroxyl groups excluding tert-OH is 5. The van der Waals surface area contributed by atoms with Gasteiger partial charge in [-0.1, -0.05) is 47.7 Å². The van der Waals surface area contributed by atoms with E-state index in [1.807, 2.05) is 12.1 Å². The summed E-state index contributed by atoms with van der Waals surface area (Å²) in [4.78, 5) is 65.1. The number of para-hydroxylation sites is 1. The molecule has 2 aromatic carbocycles. The molecule has 0 radical (unpaired) electrons. The highest BCUT2D eigenvalue weighted by molar-refractivity contribution is 6.00. The molecule has 21 heteroatoms. The molecule has 3 aromatic rings. The van der Waals surface area contributed by atoms with E-state index in [4.69, 9.17) is 14.2 Å². The second-order valence-electron chi connectivity index (χ2n) is 14.7. The minimum Gasteiger partial charge on any atom is -0.463 e. The molecule has 0 saturated carbocycles. The van der Waals surface area contributed by atoms with Crippen LogP contribution in [0.15, 0.2) is 48.5 Å². The third kappa shape index (κ3) is 9.78. The SMILES string of the molecule is CC(=O)N[C@H]1C(O)O[C@H](COC(=O)CCC(=O)NCCC(=O)N2Cc3ccccc3-c3c(nnn3CC(=O)N[C@@H]3[C@@H](O)[C@@H](O)[C@@H](CO)O[C@H]3C)-c3ccccc32)[C@@H](F)[C@@H]1O. The minimum atomic E-state index is -2.09. The van der Waals surface area contributed by atoms with Crippen molar-refractivity contribution in [2.45, 2.75) is 107 Å². The van der Waals surface area contributed by atoms with Gasteiger partial charge in [0.2, 0.25) is 23.6 Å². The highest BCUT2D eigenvalue weighted by atomic mass is 19.1. The van der Waals surface area contributed by atoms with E-state index in [1.165, 1.54) is 4.68 Å². The fraction of sp³-hybridized carbons (Fsp3) is 0.513. The number of halogens is 1. The Bertz CT molecular complexity index is 2050. The first-order valence-corrected chi connectivity index (χ1v) is 19.4. The van der Waals surface area contributed by atoms with Crippen molar-refractivity contribution in [3.8, 4) is 22.5 Å². The lowest BCUT2D eigenvalue weighted by Crippen LogP contribution is -2.63. The standard InChI is InChI=1S/C39H48FN7O13/c1-19-32(38(56)36(54)25(17-48)59-19)43-28(51)16-47-35-22-8-4-3-7-21(22)15-46(24-10-6-5-9-23(24)33(35)44-45-47)29(52)13-14-41-27(50)11-12-30(53)58-18-26-31(40)37(55)34(39(57)60-26)42-20(2)49/h3-10,19,25-26,31-32,34,36-39,48,54-57H,11-18H2,1-2H3,(H,41,50)(H,42,49)(H,43,51)/t19-,25+,26+,31+,32-,34+,36-,37-,38+,39?/m0/s1. The number of carbonyl (C=O) groups excluding carboxylic acids is 5. The van der Waals surface area contributed by atoms with Crippen molar-refractivity contribution in [3.05, 3.63) is 54.1 Å². The van der Waals surface area contributed by atoms with Crippen LogP contribution in [0, 0.1) is 0 Å². The molecule has 1 unspecified atom stereocenters. The summed E-state index contributed by atoms with van der Waals surface area (Å²) in [6.07, 6.45) is -12.6. The van der Waals surface area contributed by atoms with Crippen LogP contribution >= 0.6 is 0 Å². The van der Waals surface area contributed by atoms with Gasteiger partial charge in [-0.3, -0.25) is 24.0 Å². The van der Waals surface area contributed by atoms with Crippen molar-refractivity contribution in [1.29, 1.82) is 0 Å². The Labute approximate surface area is 342 Å². The van der Waals surface area contributed by atoms with E-state index in [0.717, 1.165) is 6.92 Å². The molecule has 0 bridgehead atoms. The number of esters is 1. The average molecular weight is 842 g/mol. The highest BCUT2D eigenvalue weighted by Crippen LogP contribution is 2.41. The van der Waals surface area contributed by atoms with Crippen molar-refractivity contribution in [1.82, 2.24) is 30.9 Å². The van der Waals surface area contributed by atoms with E-state index < -0.39 is 104 Å². The molecule has 60 heavy (non-hydrogen) atoms. The maximum Gasteiger partial charge on any atom is 0.306 e. The third-order valence-electron chi connectivity index (χ3n) is 10.5. The number of fused-ring (bicyclic) bond motifs is 5. The summed E-state index contributed by atoms with van der Waals surface area (Å²) in [5.74, 6) is -2.95. The van der Waals surface area contributed by atoms with Gasteiger partial charge in [-0.05, 0) is 18.6 Å². The lowest BCUT2D eigenvalue weighted by molar-refractivity contribution is -0.242. The van der Waals surface area contributed by atoms with Crippen LogP contribution in [-0.2, 0) is 51.3 Å². The van der Waals surface area contributed by atoms with Crippen LogP contribution in [0.3, 0.4) is 0 Å². The molecular formula is C39H48FN7O13. The Morgan fingerprint density at radius 3 is 2.32 bits per heavy atom. The van der Waals surface area contributed by atoms with Gasteiger partial charge in [0.1, 0.15) is 55.4 Å². The van der Waals surface area contributed by atoms with E-state index in [-0.39, 0.29) is 38.4 Å². The molecule has 10 atom stereocenters. The van der Waals surface area contributed by atoms with Gasteiger partial charge in [-0.15, -0.1) is 5.10 Å². The number of ether oxygens (including phenoxy) is 3. The first-order valence-electron chi connectivity index (χ1n) is 19.4. The summed E-state index contributed by atoms with van der Waals surface area (Å²) >= 11 is 0. The second-order valence-corrected chi connectivity index (χ2v) is 14.7. The molecular weight excluding hydrogens is 793 g/mol. The normalized spacial score (nSPS) is 27.2. The molecule has 4 heterocycles. The lowest BCUT2D eigenvalue weighted by Gasteiger charge is -2.41. The van der Waals surface area contributed by atoms with E-state index in [2.05, 4.69) is 26.3 Å². The van der Waals surface area contributed by atoms with Gasteiger partial charge < -0.3 is 60.6 Å². The van der Waals surface area contributed by atoms with Gasteiger partial charge in [-0.2, -0.15) is 0 Å². The number of anilines is 1. The summed E-state index contributed by atoms with van der Waals surface area (Å²) in [7, 11) is 0. The summed E-state index contributed by atoms with van der Waals surface area (Å²) < 4.78 is 31.8. The molecule has 0 spiro atoms. The molecule has 4 amide bonds. The first-order chi connectivity index (χ1) is 28.7. The predicted octanol–water partition coefficient (Wildman–Crippen LogP) is -1.80. The third-order valence-corrected chi connectivity index (χ3v) is 10.5. The van der Waals surface area contributed by atoms with Crippen LogP contribution in [0.4, 0.5) is 10.1 Å². The number of nitrogens with one attached hydrogen (secondary N) is 3. The number of rotatable bonds is 13. The Balaban J connectivity index is 1.06. The molecule has 6 rings (SSSR count). The van der Waals surface area contributed by atoms with Crippen LogP contribution < -0.4 is 20.9 Å². The number of carbonyl (C=O) groups is 5. The number of benzene rings is 2. The Hall–Kier alpha value is -5.42. The van der Waals surface area contributed by atoms with Crippen molar-refractivity contribution in [2.24, 2.45) is 0 Å². The van der Waals surface area contributed by atoms with Gasteiger partial charge in [0.15, 0.2) is 12.5 Å². The number of hydrogen-bond donors (Lipinski definition) is 8. The number of hydrogen-bond acceptors (Lipinski definition) is 15. The number of aliphatic hydroxyl groups is 5. The Morgan fingerprint density at radius 1 is 0.867 bits per heavy atom. The summed E-state index contributed by atoms with van der Waals surface area (Å²) in [6.45, 7) is 1.26. The molecule has 3 aliphatic heterocycles. The van der Waals surface area contributed by atoms with Crippen molar-refractivity contribution >= 4 is 35.3 Å². The molecule has 8 N–H and O–H groups in total. The van der Waals surface area contributed by atoms with E-state index in [9.17, 15) is 53.9 Å². The van der Waals surface area contributed by atoms with Crippen LogP contribution in [0.5, 0.6) is 0 Å². The number of amides is 4. The summed E-state index contributed by atoms with van der Waals surface area (Å²) in [5.41, 5.74) is 3.27. The van der Waals surface area contributed by atoms with Crippen molar-refractivity contribution in [3.63, 3.8) is 0 Å². The van der Waals surface area contributed by atoms with E-state index in [1.54, 1.807) is 48.2 Å². The van der Waals surface area contributed by atoms with E-state index >= 15 is 0 Å². The zero-order valence-corrected chi connectivity index (χ0v) is 32.7. The highest BCUT2D eigenvalue weighted by Gasteiger charge is 2.46. The Kier molecular flexibility index (Phi) is 14.2. The van der Waals surface area contributed by atoms with Gasteiger partial charge >= 0.3 is 5.97 Å². The number of alkyl halides is 1. The lowest BCUT2D eigenvalue weighted by atomic mass is 9.93. The van der Waals surface area contributed by atoms with Gasteiger partial charge in [0.25, 0.3) is 0 Å². The molecule has 20 nitrogen and oxygen atoms in total. The summed E-state index contributed by atoms with van der Waals surface area (Å²) in [5, 5.41) is 67.0. The first kappa shape index (κ1) is 44.1. The maximum atomic E-state index is 14.7. The summed E-state index contributed by atoms with van der Waals surface area (Å²) in [6, 6.07) is 11.9. The zero-order valence-electron chi connectivity index (χ0n) is 32.7. The van der Waals surface area contributed by atoms with Gasteiger partial charge in [0, 0.05) is 37.4 Å². The number of aromatic nitrogens is 3. The van der Waals surface area contributed by atoms with Crippen LogP contribution in [0.1, 0.15) is 38.7 Å². The van der Waals surface area contributed by atoms with Crippen molar-refractivity contribution in [2.75, 3.05) is 24.7 Å². The zero-order chi connectivity index (χ0) is 43.2. The quantitative estimate of drug-likeness (QED) is 0.0882. The fourth-order valence-corrected chi connectivity index (χ4v) is 7.46.